The Bertz CT molecular complexity index is 871. The zero-order valence-electron chi connectivity index (χ0n) is 15.0. The number of rotatable bonds is 7. The first-order valence-electron chi connectivity index (χ1n) is 8.15. The molecular formula is C19H21N5O2. The minimum Gasteiger partial charge on any atom is -0.497 e. The van der Waals surface area contributed by atoms with Crippen molar-refractivity contribution in [2.75, 3.05) is 24.9 Å². The standard InChI is InChI=1S/C19H21N5O2/c1-13-9-18(21-12-14-5-4-8-20-11-14)24-19(22-13)23-16-7-6-15(25-2)10-17(16)26-3/h4-11H,12H2,1-3H3,(H2,21,22,23,24). The van der Waals surface area contributed by atoms with Gasteiger partial charge in [0.05, 0.1) is 19.9 Å². The van der Waals surface area contributed by atoms with Gasteiger partial charge in [0.1, 0.15) is 17.3 Å². The van der Waals surface area contributed by atoms with Crippen LogP contribution in [0, 0.1) is 6.92 Å². The maximum atomic E-state index is 5.41. The third kappa shape index (κ3) is 4.38. The van der Waals surface area contributed by atoms with Crippen molar-refractivity contribution in [3.05, 3.63) is 60.0 Å². The lowest BCUT2D eigenvalue weighted by Gasteiger charge is -2.13. The van der Waals surface area contributed by atoms with Crippen molar-refractivity contribution < 1.29 is 9.47 Å². The van der Waals surface area contributed by atoms with Crippen LogP contribution in [0.2, 0.25) is 0 Å². The van der Waals surface area contributed by atoms with E-state index in [0.29, 0.717) is 18.2 Å². The average Bonchev–Trinajstić information content (AvgIpc) is 2.67. The average molecular weight is 351 g/mol. The van der Waals surface area contributed by atoms with Crippen molar-refractivity contribution in [3.63, 3.8) is 0 Å². The van der Waals surface area contributed by atoms with Crippen LogP contribution in [0.1, 0.15) is 11.3 Å². The Balaban J connectivity index is 1.77. The van der Waals surface area contributed by atoms with Crippen molar-refractivity contribution in [1.82, 2.24) is 15.0 Å². The number of nitrogens with zero attached hydrogens (tertiary/aromatic N) is 3. The van der Waals surface area contributed by atoms with Crippen LogP contribution in [-0.2, 0) is 6.54 Å². The van der Waals surface area contributed by atoms with Crippen LogP contribution in [0.3, 0.4) is 0 Å². The van der Waals surface area contributed by atoms with Gasteiger partial charge >= 0.3 is 0 Å². The van der Waals surface area contributed by atoms with Crippen LogP contribution in [0.5, 0.6) is 11.5 Å². The van der Waals surface area contributed by atoms with Crippen molar-refractivity contribution >= 4 is 17.5 Å². The fraction of sp³-hybridized carbons (Fsp3) is 0.211. The number of aryl methyl sites for hydroxylation is 1. The van der Waals surface area contributed by atoms with Gasteiger partial charge in [0, 0.05) is 36.8 Å². The second-order valence-corrected chi connectivity index (χ2v) is 5.62. The first-order valence-corrected chi connectivity index (χ1v) is 8.15. The van der Waals surface area contributed by atoms with Gasteiger partial charge in [0.2, 0.25) is 5.95 Å². The summed E-state index contributed by atoms with van der Waals surface area (Å²) in [5, 5.41) is 6.49. The van der Waals surface area contributed by atoms with Crippen molar-refractivity contribution in [1.29, 1.82) is 0 Å². The molecule has 0 aliphatic rings. The highest BCUT2D eigenvalue weighted by atomic mass is 16.5. The Morgan fingerprint density at radius 1 is 1.04 bits per heavy atom. The molecule has 0 unspecified atom stereocenters. The number of hydrogen-bond donors (Lipinski definition) is 2. The van der Waals surface area contributed by atoms with Crippen LogP contribution in [0.25, 0.3) is 0 Å². The van der Waals surface area contributed by atoms with E-state index in [1.54, 1.807) is 26.5 Å². The van der Waals surface area contributed by atoms with Gasteiger partial charge in [0.25, 0.3) is 0 Å². The first kappa shape index (κ1) is 17.5. The minimum atomic E-state index is 0.488. The second kappa shape index (κ2) is 8.15. The van der Waals surface area contributed by atoms with Gasteiger partial charge < -0.3 is 20.1 Å². The molecule has 0 aliphatic carbocycles. The summed E-state index contributed by atoms with van der Waals surface area (Å²) < 4.78 is 10.6. The number of nitrogens with one attached hydrogen (secondary N) is 2. The highest BCUT2D eigenvalue weighted by molar-refractivity contribution is 5.65. The molecule has 7 nitrogen and oxygen atoms in total. The van der Waals surface area contributed by atoms with Gasteiger partial charge in [-0.3, -0.25) is 4.98 Å². The smallest absolute Gasteiger partial charge is 0.229 e. The third-order valence-electron chi connectivity index (χ3n) is 3.71. The van der Waals surface area contributed by atoms with Gasteiger partial charge in [-0.05, 0) is 30.7 Å². The van der Waals surface area contributed by atoms with Gasteiger partial charge in [-0.25, -0.2) is 4.98 Å². The van der Waals surface area contributed by atoms with E-state index < -0.39 is 0 Å². The molecule has 3 rings (SSSR count). The zero-order chi connectivity index (χ0) is 18.4. The number of hydrogen-bond acceptors (Lipinski definition) is 7. The molecule has 2 heterocycles. The zero-order valence-corrected chi connectivity index (χ0v) is 15.0. The molecule has 0 saturated heterocycles. The molecule has 3 aromatic rings. The van der Waals surface area contributed by atoms with E-state index in [1.807, 2.05) is 43.5 Å². The van der Waals surface area contributed by atoms with Crippen molar-refractivity contribution in [2.45, 2.75) is 13.5 Å². The molecule has 0 bridgehead atoms. The van der Waals surface area contributed by atoms with E-state index >= 15 is 0 Å². The van der Waals surface area contributed by atoms with E-state index in [4.69, 9.17) is 9.47 Å². The highest BCUT2D eigenvalue weighted by Gasteiger charge is 2.08. The summed E-state index contributed by atoms with van der Waals surface area (Å²) in [4.78, 5) is 13.1. The molecular weight excluding hydrogens is 330 g/mol. The molecule has 7 heteroatoms. The summed E-state index contributed by atoms with van der Waals surface area (Å²) in [5.41, 5.74) is 2.69. The quantitative estimate of drug-likeness (QED) is 0.673. The van der Waals surface area contributed by atoms with E-state index in [2.05, 4.69) is 25.6 Å². The summed E-state index contributed by atoms with van der Waals surface area (Å²) in [6, 6.07) is 11.3. The molecule has 2 N–H and O–H groups in total. The maximum Gasteiger partial charge on any atom is 0.229 e. The Labute approximate surface area is 152 Å². The SMILES string of the molecule is COc1ccc(Nc2nc(C)cc(NCc3cccnc3)n2)c(OC)c1. The molecule has 2 aromatic heterocycles. The number of aromatic nitrogens is 3. The van der Waals surface area contributed by atoms with Gasteiger partial charge in [-0.1, -0.05) is 6.07 Å². The second-order valence-electron chi connectivity index (χ2n) is 5.62. The normalized spacial score (nSPS) is 10.3. The molecule has 1 aromatic carbocycles. The number of methoxy groups -OCH3 is 2. The highest BCUT2D eigenvalue weighted by Crippen LogP contribution is 2.30. The lowest BCUT2D eigenvalue weighted by molar-refractivity contribution is 0.395. The summed E-state index contributed by atoms with van der Waals surface area (Å²) in [7, 11) is 3.23. The summed E-state index contributed by atoms with van der Waals surface area (Å²) >= 11 is 0. The summed E-state index contributed by atoms with van der Waals surface area (Å²) in [5.74, 6) is 2.59. The predicted molar refractivity (Wildman–Crippen MR) is 101 cm³/mol. The van der Waals surface area contributed by atoms with Gasteiger partial charge in [-0.15, -0.1) is 0 Å². The van der Waals surface area contributed by atoms with Crippen molar-refractivity contribution in [2.24, 2.45) is 0 Å². The summed E-state index contributed by atoms with van der Waals surface area (Å²) in [6.07, 6.45) is 3.57. The van der Waals surface area contributed by atoms with Crippen molar-refractivity contribution in [3.8, 4) is 11.5 Å². The number of anilines is 3. The van der Waals surface area contributed by atoms with Crippen LogP contribution in [0.4, 0.5) is 17.5 Å². The Morgan fingerprint density at radius 2 is 1.92 bits per heavy atom. The molecule has 0 radical (unpaired) electrons. The maximum absolute atomic E-state index is 5.41. The molecule has 26 heavy (non-hydrogen) atoms. The fourth-order valence-electron chi connectivity index (χ4n) is 2.43. The summed E-state index contributed by atoms with van der Waals surface area (Å²) in [6.45, 7) is 2.56. The monoisotopic (exact) mass is 351 g/mol. The molecule has 0 fully saturated rings. The Hall–Kier alpha value is -3.35. The molecule has 0 aliphatic heterocycles. The van der Waals surface area contributed by atoms with E-state index in [-0.39, 0.29) is 0 Å². The Kier molecular flexibility index (Phi) is 5.48. The molecule has 0 spiro atoms. The number of ether oxygens (including phenoxy) is 2. The van der Waals surface area contributed by atoms with Crippen LogP contribution in [0.15, 0.2) is 48.8 Å². The molecule has 0 amide bonds. The third-order valence-corrected chi connectivity index (χ3v) is 3.71. The van der Waals surface area contributed by atoms with Crippen LogP contribution < -0.4 is 20.1 Å². The lowest BCUT2D eigenvalue weighted by Crippen LogP contribution is -2.06. The lowest BCUT2D eigenvalue weighted by atomic mass is 10.2. The fourth-order valence-corrected chi connectivity index (χ4v) is 2.43. The van der Waals surface area contributed by atoms with E-state index in [1.165, 1.54) is 0 Å². The molecule has 134 valence electrons. The van der Waals surface area contributed by atoms with Crippen LogP contribution in [-0.4, -0.2) is 29.2 Å². The first-order chi connectivity index (χ1) is 12.7. The number of pyridine rings is 1. The van der Waals surface area contributed by atoms with E-state index in [0.717, 1.165) is 28.5 Å². The molecule has 0 atom stereocenters. The van der Waals surface area contributed by atoms with Crippen LogP contribution >= 0.6 is 0 Å². The molecule has 0 saturated carbocycles. The Morgan fingerprint density at radius 3 is 2.65 bits per heavy atom. The van der Waals surface area contributed by atoms with Gasteiger partial charge in [0.15, 0.2) is 0 Å². The van der Waals surface area contributed by atoms with Gasteiger partial charge in [-0.2, -0.15) is 4.98 Å². The number of benzene rings is 1. The largest absolute Gasteiger partial charge is 0.497 e. The van der Waals surface area contributed by atoms with E-state index in [9.17, 15) is 0 Å². The minimum absolute atomic E-state index is 0.488. The topological polar surface area (TPSA) is 81.2 Å². The predicted octanol–water partition coefficient (Wildman–Crippen LogP) is 3.55.